The molecule has 0 atom stereocenters. The fourth-order valence-corrected chi connectivity index (χ4v) is 2.58. The summed E-state index contributed by atoms with van der Waals surface area (Å²) in [5.41, 5.74) is 0. The van der Waals surface area contributed by atoms with E-state index in [9.17, 15) is 8.78 Å². The highest BCUT2D eigenvalue weighted by molar-refractivity contribution is 4.93. The molecule has 0 spiro atoms. The molecule has 1 N–H and O–H groups in total. The lowest BCUT2D eigenvalue weighted by Crippen LogP contribution is -2.52. The molecule has 0 aromatic heterocycles. The van der Waals surface area contributed by atoms with Crippen molar-refractivity contribution in [2.75, 3.05) is 7.11 Å². The van der Waals surface area contributed by atoms with Crippen LogP contribution in [0.15, 0.2) is 0 Å². The highest BCUT2D eigenvalue weighted by Gasteiger charge is 2.45. The molecule has 0 bridgehead atoms. The molecule has 4 heteroatoms. The van der Waals surface area contributed by atoms with Gasteiger partial charge in [-0.15, -0.1) is 0 Å². The second-order valence-corrected chi connectivity index (χ2v) is 4.84. The summed E-state index contributed by atoms with van der Waals surface area (Å²) in [5.74, 6) is -2.40. The summed E-state index contributed by atoms with van der Waals surface area (Å²) in [6.45, 7) is 0. The lowest BCUT2D eigenvalue weighted by Gasteiger charge is -2.39. The molecular weight excluding hydrogens is 200 g/mol. The molecule has 0 amide bonds. The molecule has 2 fully saturated rings. The Hall–Kier alpha value is -0.220. The van der Waals surface area contributed by atoms with E-state index in [-0.39, 0.29) is 18.9 Å². The van der Waals surface area contributed by atoms with Crippen LogP contribution in [0.4, 0.5) is 8.78 Å². The number of alkyl halides is 2. The summed E-state index contributed by atoms with van der Waals surface area (Å²) in [6, 6.07) is 0.474. The van der Waals surface area contributed by atoms with Crippen molar-refractivity contribution in [3.63, 3.8) is 0 Å². The second-order valence-electron chi connectivity index (χ2n) is 4.84. The first-order chi connectivity index (χ1) is 7.09. The average molecular weight is 219 g/mol. The van der Waals surface area contributed by atoms with Gasteiger partial charge in [0.1, 0.15) is 0 Å². The smallest absolute Gasteiger partial charge is 0.251 e. The molecular formula is C11H19F2NO. The van der Waals surface area contributed by atoms with Crippen LogP contribution in [0.1, 0.15) is 38.5 Å². The summed E-state index contributed by atoms with van der Waals surface area (Å²) in [5, 5.41) is 3.32. The Balaban J connectivity index is 1.65. The van der Waals surface area contributed by atoms with Crippen LogP contribution in [0.3, 0.4) is 0 Å². The molecule has 0 saturated heterocycles. The molecule has 0 aromatic carbocycles. The van der Waals surface area contributed by atoms with Crippen LogP contribution >= 0.6 is 0 Å². The SMILES string of the molecule is COC1CCC(NC2CC(F)(F)C2)CC1. The number of hydrogen-bond donors (Lipinski definition) is 1. The van der Waals surface area contributed by atoms with Crippen LogP contribution in [0, 0.1) is 0 Å². The number of methoxy groups -OCH3 is 1. The van der Waals surface area contributed by atoms with Crippen LogP contribution in [-0.4, -0.2) is 31.2 Å². The van der Waals surface area contributed by atoms with E-state index in [1.165, 1.54) is 0 Å². The number of nitrogens with one attached hydrogen (secondary N) is 1. The third kappa shape index (κ3) is 2.88. The van der Waals surface area contributed by atoms with Gasteiger partial charge in [0, 0.05) is 32.0 Å². The van der Waals surface area contributed by atoms with Gasteiger partial charge in [-0.25, -0.2) is 8.78 Å². The number of halogens is 2. The maximum atomic E-state index is 12.6. The van der Waals surface area contributed by atoms with Crippen molar-refractivity contribution in [2.45, 2.75) is 62.6 Å². The van der Waals surface area contributed by atoms with Crippen molar-refractivity contribution < 1.29 is 13.5 Å². The van der Waals surface area contributed by atoms with Crippen molar-refractivity contribution in [3.05, 3.63) is 0 Å². The normalized spacial score (nSPS) is 36.2. The summed E-state index contributed by atoms with van der Waals surface area (Å²) in [7, 11) is 1.74. The minimum atomic E-state index is -2.40. The van der Waals surface area contributed by atoms with Gasteiger partial charge in [-0.3, -0.25) is 0 Å². The Labute approximate surface area is 89.4 Å². The van der Waals surface area contributed by atoms with Gasteiger partial charge in [0.2, 0.25) is 0 Å². The van der Waals surface area contributed by atoms with E-state index in [1.54, 1.807) is 7.11 Å². The first-order valence-electron chi connectivity index (χ1n) is 5.76. The largest absolute Gasteiger partial charge is 0.381 e. The van der Waals surface area contributed by atoms with Crippen molar-refractivity contribution in [2.24, 2.45) is 0 Å². The number of rotatable bonds is 3. The van der Waals surface area contributed by atoms with E-state index in [0.717, 1.165) is 25.7 Å². The molecule has 2 rings (SSSR count). The first-order valence-corrected chi connectivity index (χ1v) is 5.76. The first kappa shape index (κ1) is 11.3. The third-order valence-electron chi connectivity index (χ3n) is 3.57. The molecule has 2 aliphatic rings. The maximum absolute atomic E-state index is 12.6. The molecule has 2 saturated carbocycles. The molecule has 0 unspecified atom stereocenters. The molecule has 0 heterocycles. The Morgan fingerprint density at radius 1 is 1.07 bits per heavy atom. The van der Waals surface area contributed by atoms with Crippen molar-refractivity contribution in [1.82, 2.24) is 5.32 Å². The van der Waals surface area contributed by atoms with Gasteiger partial charge in [0.05, 0.1) is 6.10 Å². The number of ether oxygens (including phenoxy) is 1. The highest BCUT2D eigenvalue weighted by Crippen LogP contribution is 2.38. The Kier molecular flexibility index (Phi) is 3.26. The molecule has 2 aliphatic carbocycles. The van der Waals surface area contributed by atoms with E-state index in [0.29, 0.717) is 12.1 Å². The van der Waals surface area contributed by atoms with Crippen molar-refractivity contribution in [3.8, 4) is 0 Å². The van der Waals surface area contributed by atoms with Gasteiger partial charge in [0.15, 0.2) is 0 Å². The molecule has 0 aliphatic heterocycles. The molecule has 0 aromatic rings. The monoisotopic (exact) mass is 219 g/mol. The summed E-state index contributed by atoms with van der Waals surface area (Å²) in [6.07, 6.45) is 4.65. The van der Waals surface area contributed by atoms with Crippen LogP contribution in [-0.2, 0) is 4.74 Å². The second kappa shape index (κ2) is 4.34. The minimum Gasteiger partial charge on any atom is -0.381 e. The van der Waals surface area contributed by atoms with Crippen LogP contribution in [0.25, 0.3) is 0 Å². The van der Waals surface area contributed by atoms with E-state index < -0.39 is 5.92 Å². The van der Waals surface area contributed by atoms with Crippen molar-refractivity contribution >= 4 is 0 Å². The van der Waals surface area contributed by atoms with Crippen LogP contribution < -0.4 is 5.32 Å². The fraction of sp³-hybridized carbons (Fsp3) is 1.00. The number of hydrogen-bond acceptors (Lipinski definition) is 2. The fourth-order valence-electron chi connectivity index (χ4n) is 2.58. The Morgan fingerprint density at radius 3 is 2.13 bits per heavy atom. The summed E-state index contributed by atoms with van der Waals surface area (Å²) in [4.78, 5) is 0. The molecule has 2 nitrogen and oxygen atoms in total. The molecule has 0 radical (unpaired) electrons. The zero-order valence-electron chi connectivity index (χ0n) is 9.14. The molecule has 88 valence electrons. The lowest BCUT2D eigenvalue weighted by atomic mass is 9.85. The summed E-state index contributed by atoms with van der Waals surface area (Å²) < 4.78 is 30.5. The van der Waals surface area contributed by atoms with Crippen molar-refractivity contribution in [1.29, 1.82) is 0 Å². The van der Waals surface area contributed by atoms with Gasteiger partial charge >= 0.3 is 0 Å². The van der Waals surface area contributed by atoms with E-state index >= 15 is 0 Å². The van der Waals surface area contributed by atoms with E-state index in [2.05, 4.69) is 5.32 Å². The predicted molar refractivity (Wildman–Crippen MR) is 54.2 cm³/mol. The highest BCUT2D eigenvalue weighted by atomic mass is 19.3. The predicted octanol–water partition coefficient (Wildman–Crippen LogP) is 2.33. The topological polar surface area (TPSA) is 21.3 Å². The van der Waals surface area contributed by atoms with Crippen LogP contribution in [0.5, 0.6) is 0 Å². The maximum Gasteiger partial charge on any atom is 0.251 e. The van der Waals surface area contributed by atoms with Gasteiger partial charge in [-0.2, -0.15) is 0 Å². The third-order valence-corrected chi connectivity index (χ3v) is 3.57. The quantitative estimate of drug-likeness (QED) is 0.786. The Bertz CT molecular complexity index is 207. The van der Waals surface area contributed by atoms with Crippen LogP contribution in [0.2, 0.25) is 0 Å². The zero-order chi connectivity index (χ0) is 10.9. The zero-order valence-corrected chi connectivity index (χ0v) is 9.14. The van der Waals surface area contributed by atoms with Gasteiger partial charge in [0.25, 0.3) is 5.92 Å². The summed E-state index contributed by atoms with van der Waals surface area (Å²) >= 11 is 0. The average Bonchev–Trinajstić information content (AvgIpc) is 2.16. The van der Waals surface area contributed by atoms with Gasteiger partial charge < -0.3 is 10.1 Å². The lowest BCUT2D eigenvalue weighted by molar-refractivity contribution is -0.0962. The minimum absolute atomic E-state index is 0.0250. The standard InChI is InChI=1S/C11H19F2NO/c1-15-10-4-2-8(3-5-10)14-9-6-11(12,13)7-9/h8-10,14H,2-7H2,1H3. The van der Waals surface area contributed by atoms with E-state index in [4.69, 9.17) is 4.74 Å². The van der Waals surface area contributed by atoms with Gasteiger partial charge in [-0.1, -0.05) is 0 Å². The van der Waals surface area contributed by atoms with E-state index in [1.807, 2.05) is 0 Å². The van der Waals surface area contributed by atoms with Gasteiger partial charge in [-0.05, 0) is 25.7 Å². The Morgan fingerprint density at radius 2 is 1.67 bits per heavy atom. The molecule has 15 heavy (non-hydrogen) atoms.